The number of thiophene rings is 1. The summed E-state index contributed by atoms with van der Waals surface area (Å²) in [6.07, 6.45) is 3.63. The SMILES string of the molecule is CN=C(NCCCn1nc(C)cc1C)NCC(c1cccs1)N1CCCC1. The van der Waals surface area contributed by atoms with Crippen molar-refractivity contribution in [1.82, 2.24) is 25.3 Å². The highest BCUT2D eigenvalue weighted by atomic mass is 32.1. The van der Waals surface area contributed by atoms with Gasteiger partial charge in [0.05, 0.1) is 11.7 Å². The molecule has 2 N–H and O–H groups in total. The average Bonchev–Trinajstić information content (AvgIpc) is 3.41. The van der Waals surface area contributed by atoms with Crippen LogP contribution in [0.2, 0.25) is 0 Å². The van der Waals surface area contributed by atoms with Crippen LogP contribution >= 0.6 is 11.3 Å². The topological polar surface area (TPSA) is 57.5 Å². The molecule has 1 aliphatic rings. The van der Waals surface area contributed by atoms with Crippen LogP contribution in [-0.2, 0) is 6.54 Å². The summed E-state index contributed by atoms with van der Waals surface area (Å²) in [5.41, 5.74) is 2.30. The van der Waals surface area contributed by atoms with Gasteiger partial charge >= 0.3 is 0 Å². The fourth-order valence-corrected chi connectivity index (χ4v) is 4.56. The van der Waals surface area contributed by atoms with Gasteiger partial charge in [-0.05, 0) is 63.7 Å². The van der Waals surface area contributed by atoms with E-state index in [0.29, 0.717) is 6.04 Å². The van der Waals surface area contributed by atoms with Crippen LogP contribution in [0, 0.1) is 13.8 Å². The van der Waals surface area contributed by atoms with Gasteiger partial charge in [-0.3, -0.25) is 14.6 Å². The lowest BCUT2D eigenvalue weighted by Crippen LogP contribution is -2.42. The van der Waals surface area contributed by atoms with Crippen LogP contribution in [0.15, 0.2) is 28.6 Å². The van der Waals surface area contributed by atoms with Crippen molar-refractivity contribution in [2.24, 2.45) is 4.99 Å². The van der Waals surface area contributed by atoms with Gasteiger partial charge in [-0.15, -0.1) is 11.3 Å². The lowest BCUT2D eigenvalue weighted by atomic mass is 10.2. The van der Waals surface area contributed by atoms with E-state index in [-0.39, 0.29) is 0 Å². The van der Waals surface area contributed by atoms with E-state index in [0.717, 1.165) is 37.7 Å². The zero-order chi connectivity index (χ0) is 19.1. The van der Waals surface area contributed by atoms with Crippen molar-refractivity contribution in [3.8, 4) is 0 Å². The molecule has 1 saturated heterocycles. The molecule has 148 valence electrons. The normalized spacial score (nSPS) is 16.6. The summed E-state index contributed by atoms with van der Waals surface area (Å²) in [4.78, 5) is 8.42. The summed E-state index contributed by atoms with van der Waals surface area (Å²) in [6.45, 7) is 9.23. The Balaban J connectivity index is 1.45. The first-order chi connectivity index (χ1) is 13.2. The van der Waals surface area contributed by atoms with Crippen molar-refractivity contribution < 1.29 is 0 Å². The summed E-state index contributed by atoms with van der Waals surface area (Å²) in [5, 5.41) is 13.7. The maximum atomic E-state index is 4.52. The summed E-state index contributed by atoms with van der Waals surface area (Å²) in [6, 6.07) is 6.95. The molecule has 0 bridgehead atoms. The standard InChI is InChI=1S/C20H32N6S/c1-16-14-17(2)26(24-16)12-7-9-22-20(21-3)23-15-18(19-8-6-13-27-19)25-10-4-5-11-25/h6,8,13-14,18H,4-5,7,9-12,15H2,1-3H3,(H2,21,22,23). The number of nitrogens with one attached hydrogen (secondary N) is 2. The van der Waals surface area contributed by atoms with Crippen LogP contribution in [0.25, 0.3) is 0 Å². The van der Waals surface area contributed by atoms with E-state index >= 15 is 0 Å². The first kappa shape index (κ1) is 19.9. The van der Waals surface area contributed by atoms with Gasteiger partial charge in [0.2, 0.25) is 0 Å². The van der Waals surface area contributed by atoms with E-state index in [9.17, 15) is 0 Å². The molecule has 0 saturated carbocycles. The molecule has 0 aliphatic carbocycles. The van der Waals surface area contributed by atoms with Crippen molar-refractivity contribution >= 4 is 17.3 Å². The Labute approximate surface area is 166 Å². The van der Waals surface area contributed by atoms with E-state index in [4.69, 9.17) is 0 Å². The molecule has 2 aromatic heterocycles. The molecule has 1 atom stereocenters. The van der Waals surface area contributed by atoms with E-state index in [1.54, 1.807) is 0 Å². The molecule has 0 radical (unpaired) electrons. The Kier molecular flexibility index (Phi) is 7.29. The van der Waals surface area contributed by atoms with Gasteiger partial charge in [-0.2, -0.15) is 5.10 Å². The number of likely N-dealkylation sites (tertiary alicyclic amines) is 1. The average molecular weight is 389 g/mol. The van der Waals surface area contributed by atoms with Gasteiger partial charge in [0, 0.05) is 37.3 Å². The van der Waals surface area contributed by atoms with Crippen molar-refractivity contribution in [3.63, 3.8) is 0 Å². The van der Waals surface area contributed by atoms with Crippen LogP contribution in [0.5, 0.6) is 0 Å². The quantitative estimate of drug-likeness (QED) is 0.415. The maximum absolute atomic E-state index is 4.52. The van der Waals surface area contributed by atoms with Crippen molar-refractivity contribution in [1.29, 1.82) is 0 Å². The second-order valence-corrected chi connectivity index (χ2v) is 8.14. The molecule has 3 rings (SSSR count). The summed E-state index contributed by atoms with van der Waals surface area (Å²) < 4.78 is 2.08. The van der Waals surface area contributed by atoms with E-state index < -0.39 is 0 Å². The molecular weight excluding hydrogens is 356 g/mol. The van der Waals surface area contributed by atoms with Gasteiger partial charge in [-0.25, -0.2) is 0 Å². The predicted molar refractivity (Wildman–Crippen MR) is 114 cm³/mol. The van der Waals surface area contributed by atoms with Crippen LogP contribution in [-0.4, -0.2) is 53.9 Å². The van der Waals surface area contributed by atoms with Gasteiger partial charge in [0.15, 0.2) is 5.96 Å². The summed E-state index contributed by atoms with van der Waals surface area (Å²) >= 11 is 1.85. The van der Waals surface area contributed by atoms with Gasteiger partial charge < -0.3 is 10.6 Å². The lowest BCUT2D eigenvalue weighted by Gasteiger charge is -2.27. The largest absolute Gasteiger partial charge is 0.356 e. The number of aryl methyl sites for hydroxylation is 3. The lowest BCUT2D eigenvalue weighted by molar-refractivity contribution is 0.249. The summed E-state index contributed by atoms with van der Waals surface area (Å²) in [7, 11) is 1.84. The van der Waals surface area contributed by atoms with Crippen molar-refractivity contribution in [2.45, 2.75) is 45.7 Å². The Morgan fingerprint density at radius 1 is 1.30 bits per heavy atom. The molecule has 1 fully saturated rings. The molecular formula is C20H32N6S. The van der Waals surface area contributed by atoms with Crippen LogP contribution < -0.4 is 10.6 Å². The van der Waals surface area contributed by atoms with Gasteiger partial charge in [0.1, 0.15) is 0 Å². The predicted octanol–water partition coefficient (Wildman–Crippen LogP) is 2.95. The minimum atomic E-state index is 0.431. The molecule has 2 aromatic rings. The Morgan fingerprint density at radius 3 is 2.74 bits per heavy atom. The van der Waals surface area contributed by atoms with Gasteiger partial charge in [-0.1, -0.05) is 6.07 Å². The molecule has 3 heterocycles. The number of nitrogens with zero attached hydrogens (tertiary/aromatic N) is 4. The Morgan fingerprint density at radius 2 is 2.11 bits per heavy atom. The minimum absolute atomic E-state index is 0.431. The maximum Gasteiger partial charge on any atom is 0.191 e. The zero-order valence-electron chi connectivity index (χ0n) is 16.7. The fourth-order valence-electron chi connectivity index (χ4n) is 3.69. The fraction of sp³-hybridized carbons (Fsp3) is 0.600. The number of aliphatic imine (C=N–C) groups is 1. The van der Waals surface area contributed by atoms with Crippen LogP contribution in [0.4, 0.5) is 0 Å². The number of aromatic nitrogens is 2. The third kappa shape index (κ3) is 5.56. The molecule has 0 spiro atoms. The van der Waals surface area contributed by atoms with Gasteiger partial charge in [0.25, 0.3) is 0 Å². The Bertz CT molecular complexity index is 715. The molecule has 1 aliphatic heterocycles. The van der Waals surface area contributed by atoms with Crippen molar-refractivity contribution in [2.75, 3.05) is 33.2 Å². The smallest absolute Gasteiger partial charge is 0.191 e. The molecule has 0 aromatic carbocycles. The molecule has 1 unspecified atom stereocenters. The third-order valence-corrected chi connectivity index (χ3v) is 6.06. The highest BCUT2D eigenvalue weighted by Crippen LogP contribution is 2.27. The monoisotopic (exact) mass is 388 g/mol. The van der Waals surface area contributed by atoms with Crippen LogP contribution in [0.1, 0.15) is 41.6 Å². The molecule has 0 amide bonds. The van der Waals surface area contributed by atoms with Crippen LogP contribution in [0.3, 0.4) is 0 Å². The number of guanidine groups is 1. The first-order valence-corrected chi connectivity index (χ1v) is 10.8. The highest BCUT2D eigenvalue weighted by Gasteiger charge is 2.24. The van der Waals surface area contributed by atoms with E-state index in [1.165, 1.54) is 36.5 Å². The highest BCUT2D eigenvalue weighted by molar-refractivity contribution is 7.10. The zero-order valence-corrected chi connectivity index (χ0v) is 17.6. The minimum Gasteiger partial charge on any atom is -0.356 e. The Hall–Kier alpha value is -1.86. The molecule has 27 heavy (non-hydrogen) atoms. The summed E-state index contributed by atoms with van der Waals surface area (Å²) in [5.74, 6) is 0.879. The van der Waals surface area contributed by atoms with E-state index in [1.807, 2.05) is 25.3 Å². The van der Waals surface area contributed by atoms with E-state index in [2.05, 4.69) is 60.8 Å². The number of rotatable bonds is 8. The second-order valence-electron chi connectivity index (χ2n) is 7.16. The number of hydrogen-bond acceptors (Lipinski definition) is 4. The first-order valence-electron chi connectivity index (χ1n) is 9.90. The molecule has 6 nitrogen and oxygen atoms in total. The van der Waals surface area contributed by atoms with Crippen molar-refractivity contribution in [3.05, 3.63) is 39.8 Å². The third-order valence-electron chi connectivity index (χ3n) is 5.08. The molecule has 7 heteroatoms. The number of hydrogen-bond donors (Lipinski definition) is 2. The second kappa shape index (κ2) is 9.90.